The van der Waals surface area contributed by atoms with Crippen LogP contribution in [-0.4, -0.2) is 40.4 Å². The van der Waals surface area contributed by atoms with Crippen LogP contribution in [0.5, 0.6) is 0 Å². The van der Waals surface area contributed by atoms with Gasteiger partial charge in [0.05, 0.1) is 18.5 Å². The molecule has 0 radical (unpaired) electrons. The fourth-order valence-electron chi connectivity index (χ4n) is 2.94. The molecule has 0 aliphatic carbocycles. The molecule has 0 spiro atoms. The van der Waals surface area contributed by atoms with Crippen LogP contribution in [0.3, 0.4) is 0 Å². The van der Waals surface area contributed by atoms with Crippen LogP contribution in [0.4, 0.5) is 0 Å². The van der Waals surface area contributed by atoms with Crippen LogP contribution >= 0.6 is 0 Å². The second-order valence-electron chi connectivity index (χ2n) is 6.89. The van der Waals surface area contributed by atoms with E-state index in [0.29, 0.717) is 12.4 Å². The minimum absolute atomic E-state index is 0.245. The lowest BCUT2D eigenvalue weighted by atomic mass is 10.1. The van der Waals surface area contributed by atoms with Crippen molar-refractivity contribution in [1.29, 1.82) is 0 Å². The molecule has 1 aromatic heterocycles. The second kappa shape index (κ2) is 5.62. The van der Waals surface area contributed by atoms with Gasteiger partial charge in [0, 0.05) is 0 Å². The van der Waals surface area contributed by atoms with E-state index in [2.05, 4.69) is 15.1 Å². The summed E-state index contributed by atoms with van der Waals surface area (Å²) < 4.78 is 23.6. The summed E-state index contributed by atoms with van der Waals surface area (Å²) in [5.74, 6) is -0.878. The van der Waals surface area contributed by atoms with Gasteiger partial charge in [-0.1, -0.05) is 5.18 Å². The number of nitrogens with one attached hydrogen (secondary N) is 1. The van der Waals surface area contributed by atoms with E-state index in [9.17, 15) is 4.91 Å². The molecule has 1 aromatic rings. The third kappa shape index (κ3) is 3.30. The fraction of sp³-hybridized carbons (Fsp3) is 0.800. The highest BCUT2D eigenvalue weighted by Gasteiger charge is 2.50. The molecule has 0 amide bonds. The van der Waals surface area contributed by atoms with Crippen LogP contribution in [0, 0.1) is 4.91 Å². The number of H-pyrrole nitrogens is 1. The van der Waals surface area contributed by atoms with Crippen molar-refractivity contribution in [3.8, 4) is 0 Å². The van der Waals surface area contributed by atoms with E-state index in [4.69, 9.17) is 18.9 Å². The molecule has 23 heavy (non-hydrogen) atoms. The van der Waals surface area contributed by atoms with Crippen LogP contribution in [0.2, 0.25) is 0 Å². The van der Waals surface area contributed by atoms with Crippen molar-refractivity contribution in [2.45, 2.75) is 70.5 Å². The smallest absolute Gasteiger partial charge is 0.164 e. The summed E-state index contributed by atoms with van der Waals surface area (Å²) in [6.45, 7) is 9.56. The van der Waals surface area contributed by atoms with E-state index in [-0.39, 0.29) is 18.3 Å². The molecule has 8 nitrogen and oxygen atoms in total. The highest BCUT2D eigenvalue weighted by atomic mass is 16.8. The standard InChI is InChI=1S/C15H23N3O5/c1-8(18-19)13-16-6-9(17-13)11-12(23-15(4,5)22-11)10-7-20-14(2,3)21-10/h6,8,10-12H,7H2,1-5H3,(H,16,17)/t8?,10-,11-,12-/m1/s1. The number of aromatic amines is 1. The normalized spacial score (nSPS) is 33.7. The van der Waals surface area contributed by atoms with E-state index >= 15 is 0 Å². The van der Waals surface area contributed by atoms with Crippen LogP contribution in [0.25, 0.3) is 0 Å². The summed E-state index contributed by atoms with van der Waals surface area (Å²) in [7, 11) is 0. The summed E-state index contributed by atoms with van der Waals surface area (Å²) >= 11 is 0. The predicted molar refractivity (Wildman–Crippen MR) is 80.5 cm³/mol. The van der Waals surface area contributed by atoms with Gasteiger partial charge in [0.25, 0.3) is 0 Å². The van der Waals surface area contributed by atoms with E-state index in [0.717, 1.165) is 5.69 Å². The molecule has 2 fully saturated rings. The molecule has 3 rings (SSSR count). The van der Waals surface area contributed by atoms with Crippen LogP contribution in [-0.2, 0) is 18.9 Å². The highest BCUT2D eigenvalue weighted by molar-refractivity contribution is 5.12. The summed E-state index contributed by atoms with van der Waals surface area (Å²) in [4.78, 5) is 18.0. The average molecular weight is 325 g/mol. The number of ether oxygens (including phenoxy) is 4. The van der Waals surface area contributed by atoms with Crippen molar-refractivity contribution in [2.75, 3.05) is 6.61 Å². The first-order chi connectivity index (χ1) is 10.7. The maximum absolute atomic E-state index is 10.7. The molecule has 8 heteroatoms. The first kappa shape index (κ1) is 16.5. The number of hydrogen-bond donors (Lipinski definition) is 1. The van der Waals surface area contributed by atoms with Gasteiger partial charge in [-0.05, 0) is 34.6 Å². The first-order valence-corrected chi connectivity index (χ1v) is 7.75. The molecule has 0 aromatic carbocycles. The lowest BCUT2D eigenvalue weighted by molar-refractivity contribution is -0.174. The topological polar surface area (TPSA) is 95.0 Å². The van der Waals surface area contributed by atoms with Crippen molar-refractivity contribution in [1.82, 2.24) is 9.97 Å². The maximum atomic E-state index is 10.7. The van der Waals surface area contributed by atoms with Gasteiger partial charge in [-0.3, -0.25) is 0 Å². The third-order valence-corrected chi connectivity index (χ3v) is 4.00. The SMILES string of the molecule is CC(N=O)c1ncc([C@H]2OC(C)(C)O[C@@H]2[C@H]2COC(C)(C)O2)[nH]1. The summed E-state index contributed by atoms with van der Waals surface area (Å²) in [6.07, 6.45) is 0.692. The van der Waals surface area contributed by atoms with E-state index in [1.807, 2.05) is 27.7 Å². The Morgan fingerprint density at radius 2 is 2.00 bits per heavy atom. The fourth-order valence-corrected chi connectivity index (χ4v) is 2.94. The molecule has 1 unspecified atom stereocenters. The van der Waals surface area contributed by atoms with E-state index < -0.39 is 17.6 Å². The second-order valence-corrected chi connectivity index (χ2v) is 6.89. The van der Waals surface area contributed by atoms with Crippen molar-refractivity contribution in [3.63, 3.8) is 0 Å². The van der Waals surface area contributed by atoms with E-state index in [1.165, 1.54) is 0 Å². The Kier molecular flexibility index (Phi) is 4.04. The monoisotopic (exact) mass is 325 g/mol. The third-order valence-electron chi connectivity index (χ3n) is 4.00. The summed E-state index contributed by atoms with van der Waals surface area (Å²) in [6, 6.07) is -0.539. The number of aromatic nitrogens is 2. The first-order valence-electron chi connectivity index (χ1n) is 7.75. The maximum Gasteiger partial charge on any atom is 0.164 e. The Bertz CT molecular complexity index is 585. The van der Waals surface area contributed by atoms with Gasteiger partial charge in [-0.15, -0.1) is 0 Å². The lowest BCUT2D eigenvalue weighted by Gasteiger charge is -2.23. The Morgan fingerprint density at radius 3 is 2.61 bits per heavy atom. The van der Waals surface area contributed by atoms with Gasteiger partial charge in [0.1, 0.15) is 30.2 Å². The minimum Gasteiger partial charge on any atom is -0.348 e. The summed E-state index contributed by atoms with van der Waals surface area (Å²) in [5, 5.41) is 2.98. The molecule has 2 aliphatic heterocycles. The van der Waals surface area contributed by atoms with Crippen molar-refractivity contribution < 1.29 is 18.9 Å². The Labute approximate surface area is 134 Å². The molecule has 128 valence electrons. The Morgan fingerprint density at radius 1 is 1.26 bits per heavy atom. The van der Waals surface area contributed by atoms with Gasteiger partial charge in [0.15, 0.2) is 11.6 Å². The molecular formula is C15H23N3O5. The highest BCUT2D eigenvalue weighted by Crippen LogP contribution is 2.42. The molecule has 2 saturated heterocycles. The molecule has 0 bridgehead atoms. The van der Waals surface area contributed by atoms with Crippen LogP contribution in [0.15, 0.2) is 11.4 Å². The Hall–Kier alpha value is -1.35. The minimum atomic E-state index is -0.745. The predicted octanol–water partition coefficient (Wildman–Crippen LogP) is 2.58. The van der Waals surface area contributed by atoms with Crippen LogP contribution in [0.1, 0.15) is 58.3 Å². The molecule has 0 saturated carbocycles. The van der Waals surface area contributed by atoms with Gasteiger partial charge in [-0.25, -0.2) is 4.98 Å². The zero-order valence-corrected chi connectivity index (χ0v) is 14.0. The van der Waals surface area contributed by atoms with Crippen molar-refractivity contribution in [3.05, 3.63) is 22.6 Å². The quantitative estimate of drug-likeness (QED) is 0.855. The number of nitroso groups, excluding NO2 is 1. The Balaban J connectivity index is 1.83. The zero-order valence-electron chi connectivity index (χ0n) is 14.0. The zero-order chi connectivity index (χ0) is 16.8. The number of imidazole rings is 1. The number of rotatable bonds is 4. The van der Waals surface area contributed by atoms with Gasteiger partial charge >= 0.3 is 0 Å². The van der Waals surface area contributed by atoms with E-state index in [1.54, 1.807) is 13.1 Å². The average Bonchev–Trinajstić information content (AvgIpc) is 3.14. The summed E-state index contributed by atoms with van der Waals surface area (Å²) in [5.41, 5.74) is 0.736. The largest absolute Gasteiger partial charge is 0.348 e. The molecule has 1 N–H and O–H groups in total. The lowest BCUT2D eigenvalue weighted by Crippen LogP contribution is -2.35. The van der Waals surface area contributed by atoms with Gasteiger partial charge in [0.2, 0.25) is 0 Å². The molecule has 2 aliphatic rings. The molecular weight excluding hydrogens is 302 g/mol. The van der Waals surface area contributed by atoms with Gasteiger partial charge < -0.3 is 23.9 Å². The number of hydrogen-bond acceptors (Lipinski definition) is 7. The number of nitrogens with zero attached hydrogens (tertiary/aromatic N) is 2. The van der Waals surface area contributed by atoms with Crippen molar-refractivity contribution in [2.24, 2.45) is 5.18 Å². The van der Waals surface area contributed by atoms with Crippen LogP contribution < -0.4 is 0 Å². The van der Waals surface area contributed by atoms with Crippen molar-refractivity contribution >= 4 is 0 Å². The van der Waals surface area contributed by atoms with Gasteiger partial charge in [-0.2, -0.15) is 4.91 Å². The molecule has 4 atom stereocenters. The molecule has 3 heterocycles.